The molecule has 5 rings (SSSR count). The Kier molecular flexibility index (Phi) is 10.6. The van der Waals surface area contributed by atoms with Gasteiger partial charge in [-0.3, -0.25) is 4.79 Å². The van der Waals surface area contributed by atoms with E-state index in [1.807, 2.05) is 72.9 Å². The molecule has 8 nitrogen and oxygen atoms in total. The van der Waals surface area contributed by atoms with Gasteiger partial charge in [-0.25, -0.2) is 9.78 Å². The molecule has 0 radical (unpaired) electrons. The third-order valence-electron chi connectivity index (χ3n) is 6.66. The minimum absolute atomic E-state index is 0.0131. The van der Waals surface area contributed by atoms with Gasteiger partial charge in [-0.2, -0.15) is 13.2 Å². The lowest BCUT2D eigenvalue weighted by Gasteiger charge is -2.16. The maximum atomic E-state index is 11.8. The number of alkyl halides is 3. The highest BCUT2D eigenvalue weighted by molar-refractivity contribution is 5.86. The maximum absolute atomic E-state index is 11.8. The molecular formula is C33H30F3N3O5. The third kappa shape index (κ3) is 8.84. The van der Waals surface area contributed by atoms with Crippen molar-refractivity contribution in [3.05, 3.63) is 115 Å². The normalized spacial score (nSPS) is 11.7. The van der Waals surface area contributed by atoms with Gasteiger partial charge >= 0.3 is 18.1 Å². The van der Waals surface area contributed by atoms with E-state index in [0.29, 0.717) is 6.61 Å². The number of hydrogen-bond acceptors (Lipinski definition) is 5. The van der Waals surface area contributed by atoms with Crippen molar-refractivity contribution in [2.24, 2.45) is 0 Å². The predicted octanol–water partition coefficient (Wildman–Crippen LogP) is 7.35. The van der Waals surface area contributed by atoms with Gasteiger partial charge in [-0.1, -0.05) is 60.7 Å². The molecule has 2 heterocycles. The Morgan fingerprint density at radius 3 is 2.23 bits per heavy atom. The Hall–Kier alpha value is -5.32. The molecular weight excluding hydrogens is 575 g/mol. The second-order valence-corrected chi connectivity index (χ2v) is 9.74. The molecule has 44 heavy (non-hydrogen) atoms. The smallest absolute Gasteiger partial charge is 0.490 e. The van der Waals surface area contributed by atoms with Gasteiger partial charge in [0.05, 0.1) is 13.0 Å². The number of nitrogens with one attached hydrogen (secondary N) is 2. The molecule has 2 aromatic heterocycles. The van der Waals surface area contributed by atoms with Crippen LogP contribution in [0.3, 0.4) is 0 Å². The number of halogens is 3. The highest BCUT2D eigenvalue weighted by Crippen LogP contribution is 2.35. The van der Waals surface area contributed by atoms with E-state index in [4.69, 9.17) is 14.6 Å². The summed E-state index contributed by atoms with van der Waals surface area (Å²) < 4.78 is 37.7. The van der Waals surface area contributed by atoms with Gasteiger partial charge in [-0.15, -0.1) is 0 Å². The highest BCUT2D eigenvalue weighted by atomic mass is 19.4. The molecule has 0 amide bonds. The number of pyridine rings is 1. The average Bonchev–Trinajstić information content (AvgIpc) is 3.43. The minimum atomic E-state index is -5.08. The zero-order valence-electron chi connectivity index (χ0n) is 23.4. The largest absolute Gasteiger partial charge is 0.493 e. The Morgan fingerprint density at radius 2 is 1.59 bits per heavy atom. The number of nitrogens with zero attached hydrogens (tertiary/aromatic N) is 1. The van der Waals surface area contributed by atoms with Crippen molar-refractivity contribution in [3.8, 4) is 16.9 Å². The van der Waals surface area contributed by atoms with Crippen LogP contribution in [-0.4, -0.2) is 51.4 Å². The van der Waals surface area contributed by atoms with E-state index >= 15 is 0 Å². The number of carboxylic acids is 2. The van der Waals surface area contributed by atoms with E-state index in [1.54, 1.807) is 6.20 Å². The van der Waals surface area contributed by atoms with Crippen LogP contribution >= 0.6 is 0 Å². The Labute approximate surface area is 251 Å². The van der Waals surface area contributed by atoms with E-state index < -0.39 is 18.1 Å². The number of aliphatic carboxylic acids is 2. The van der Waals surface area contributed by atoms with Crippen LogP contribution in [0.25, 0.3) is 22.0 Å². The van der Waals surface area contributed by atoms with Gasteiger partial charge in [0.2, 0.25) is 0 Å². The van der Waals surface area contributed by atoms with E-state index in [0.717, 1.165) is 57.7 Å². The van der Waals surface area contributed by atoms with E-state index in [2.05, 4.69) is 39.6 Å². The molecule has 0 aliphatic heterocycles. The zero-order chi connectivity index (χ0) is 31.5. The van der Waals surface area contributed by atoms with Gasteiger partial charge in [0.1, 0.15) is 11.6 Å². The summed E-state index contributed by atoms with van der Waals surface area (Å²) in [6.45, 7) is 1.35. The highest BCUT2D eigenvalue weighted by Gasteiger charge is 2.38. The number of carbonyl (C=O) groups is 2. The molecule has 0 aliphatic rings. The van der Waals surface area contributed by atoms with Crippen molar-refractivity contribution < 1.29 is 37.7 Å². The van der Waals surface area contributed by atoms with Crippen molar-refractivity contribution in [3.63, 3.8) is 0 Å². The second-order valence-electron chi connectivity index (χ2n) is 9.74. The lowest BCUT2D eigenvalue weighted by molar-refractivity contribution is -0.192. The molecule has 0 saturated carbocycles. The van der Waals surface area contributed by atoms with Crippen LogP contribution < -0.4 is 10.1 Å². The predicted molar refractivity (Wildman–Crippen MR) is 161 cm³/mol. The molecule has 0 saturated heterocycles. The summed E-state index contributed by atoms with van der Waals surface area (Å²) in [4.78, 5) is 28.2. The fraction of sp³-hybridized carbons (Fsp3) is 0.182. The molecule has 0 fully saturated rings. The Morgan fingerprint density at radius 1 is 0.909 bits per heavy atom. The quantitative estimate of drug-likeness (QED) is 0.116. The summed E-state index contributed by atoms with van der Waals surface area (Å²) in [5.41, 5.74) is 5.11. The van der Waals surface area contributed by atoms with E-state index in [9.17, 15) is 23.1 Å². The number of benzene rings is 3. The monoisotopic (exact) mass is 605 g/mol. The molecule has 0 aliphatic carbocycles. The number of aromatic amines is 1. The number of H-pyrrole nitrogens is 1. The number of ether oxygens (including phenoxy) is 1. The number of anilines is 1. The van der Waals surface area contributed by atoms with Gasteiger partial charge in [-0.05, 0) is 52.9 Å². The molecule has 228 valence electrons. The molecule has 0 spiro atoms. The van der Waals surface area contributed by atoms with Gasteiger partial charge in [0.25, 0.3) is 0 Å². The van der Waals surface area contributed by atoms with Crippen LogP contribution in [-0.2, 0) is 9.59 Å². The minimum Gasteiger partial charge on any atom is -0.493 e. The van der Waals surface area contributed by atoms with Crippen LogP contribution in [0.15, 0.2) is 103 Å². The first-order valence-electron chi connectivity index (χ1n) is 13.7. The summed E-state index contributed by atoms with van der Waals surface area (Å²) in [7, 11) is 0. The second kappa shape index (κ2) is 14.7. The number of hydrogen-bond donors (Lipinski definition) is 4. The lowest BCUT2D eigenvalue weighted by atomic mass is 9.87. The van der Waals surface area contributed by atoms with Gasteiger partial charge in [0.15, 0.2) is 0 Å². The standard InChI is InChI=1S/C31H29N3O3.C2HF3O2/c35-31(36)20-27(24-12-10-23(11-13-24)22-7-2-1-3-8-22)28-21-34-29-19-25(14-15-26(28)29)37-18-6-17-33-30-9-4-5-16-32-30;3-2(4,5)1(6)7/h1-5,7-16,19,21,27,34H,6,17-18,20H2,(H,32,33)(H,35,36);(H,6,7). The summed E-state index contributed by atoms with van der Waals surface area (Å²) in [5.74, 6) is -2.21. The molecule has 3 aromatic carbocycles. The number of rotatable bonds is 11. The Bertz CT molecular complexity index is 1660. The molecule has 5 aromatic rings. The molecule has 4 N–H and O–H groups in total. The van der Waals surface area contributed by atoms with Crippen molar-refractivity contribution in [1.29, 1.82) is 0 Å². The third-order valence-corrected chi connectivity index (χ3v) is 6.66. The fourth-order valence-corrected chi connectivity index (χ4v) is 4.57. The van der Waals surface area contributed by atoms with Crippen LogP contribution in [0.5, 0.6) is 5.75 Å². The molecule has 1 unspecified atom stereocenters. The van der Waals surface area contributed by atoms with Gasteiger partial charge in [0, 0.05) is 41.8 Å². The number of fused-ring (bicyclic) bond motifs is 1. The Balaban J connectivity index is 0.000000566. The van der Waals surface area contributed by atoms with Crippen molar-refractivity contribution >= 4 is 28.7 Å². The summed E-state index contributed by atoms with van der Waals surface area (Å²) >= 11 is 0. The number of carboxylic acid groups (broad SMARTS) is 2. The van der Waals surface area contributed by atoms with Crippen LogP contribution in [0.4, 0.5) is 19.0 Å². The van der Waals surface area contributed by atoms with E-state index in [1.165, 1.54) is 0 Å². The summed E-state index contributed by atoms with van der Waals surface area (Å²) in [6, 6.07) is 30.1. The van der Waals surface area contributed by atoms with Crippen molar-refractivity contribution in [1.82, 2.24) is 9.97 Å². The lowest BCUT2D eigenvalue weighted by Crippen LogP contribution is -2.21. The van der Waals surface area contributed by atoms with Crippen molar-refractivity contribution in [2.45, 2.75) is 24.9 Å². The number of aromatic nitrogens is 2. The fourth-order valence-electron chi connectivity index (χ4n) is 4.57. The molecule has 1 atom stereocenters. The van der Waals surface area contributed by atoms with Crippen molar-refractivity contribution in [2.75, 3.05) is 18.5 Å². The average molecular weight is 606 g/mol. The summed E-state index contributed by atoms with van der Waals surface area (Å²) in [5, 5.41) is 21.1. The van der Waals surface area contributed by atoms with Crippen LogP contribution in [0.2, 0.25) is 0 Å². The first-order valence-corrected chi connectivity index (χ1v) is 13.7. The van der Waals surface area contributed by atoms with Gasteiger partial charge < -0.3 is 25.3 Å². The summed E-state index contributed by atoms with van der Waals surface area (Å²) in [6.07, 6.45) is -0.549. The topological polar surface area (TPSA) is 125 Å². The van der Waals surface area contributed by atoms with Crippen LogP contribution in [0, 0.1) is 0 Å². The first kappa shape index (κ1) is 31.6. The molecule has 11 heteroatoms. The zero-order valence-corrected chi connectivity index (χ0v) is 23.4. The van der Waals surface area contributed by atoms with E-state index in [-0.39, 0.29) is 12.3 Å². The van der Waals surface area contributed by atoms with Crippen LogP contribution in [0.1, 0.15) is 29.9 Å². The first-order chi connectivity index (χ1) is 21.1. The maximum Gasteiger partial charge on any atom is 0.490 e. The SMILES string of the molecule is O=C(O)C(F)(F)F.O=C(O)CC(c1ccc(-c2ccccc2)cc1)c1c[nH]c2cc(OCCCNc3ccccn3)ccc12. The molecule has 0 bridgehead atoms.